The zero-order valence-electron chi connectivity index (χ0n) is 14.0. The van der Waals surface area contributed by atoms with Crippen molar-refractivity contribution in [3.63, 3.8) is 0 Å². The second-order valence-corrected chi connectivity index (χ2v) is 6.10. The quantitative estimate of drug-likeness (QED) is 0.842. The second-order valence-electron chi connectivity index (χ2n) is 6.10. The summed E-state index contributed by atoms with van der Waals surface area (Å²) in [6.45, 7) is 9.45. The van der Waals surface area contributed by atoms with E-state index >= 15 is 0 Å². The average molecular weight is 304 g/mol. The lowest BCUT2D eigenvalue weighted by molar-refractivity contribution is -0.133. The molecule has 0 spiro atoms. The van der Waals surface area contributed by atoms with Gasteiger partial charge in [-0.3, -0.25) is 4.79 Å². The van der Waals surface area contributed by atoms with Crippen LogP contribution < -0.4 is 10.1 Å². The topological polar surface area (TPSA) is 41.6 Å². The van der Waals surface area contributed by atoms with Crippen LogP contribution in [0.25, 0.3) is 0 Å². The minimum atomic E-state index is 0.209. The molecule has 1 amide bonds. The number of hydrogen-bond donors (Lipinski definition) is 1. The van der Waals surface area contributed by atoms with E-state index < -0.39 is 0 Å². The van der Waals surface area contributed by atoms with Crippen molar-refractivity contribution in [1.82, 2.24) is 10.2 Å². The maximum Gasteiger partial charge on any atom is 0.226 e. The molecule has 1 aliphatic heterocycles. The molecule has 4 heteroatoms. The molecule has 1 unspecified atom stereocenters. The van der Waals surface area contributed by atoms with Gasteiger partial charge in [0.2, 0.25) is 5.91 Å². The molecule has 1 N–H and O–H groups in total. The zero-order valence-corrected chi connectivity index (χ0v) is 14.0. The molecular weight excluding hydrogens is 276 g/mol. The summed E-state index contributed by atoms with van der Waals surface area (Å²) in [5.74, 6) is 1.09. The van der Waals surface area contributed by atoms with Crippen LogP contribution in [-0.2, 0) is 4.79 Å². The van der Waals surface area contributed by atoms with E-state index in [1.54, 1.807) is 0 Å². The van der Waals surface area contributed by atoms with E-state index in [1.807, 2.05) is 24.0 Å². The number of ether oxygens (including phenoxy) is 1. The summed E-state index contributed by atoms with van der Waals surface area (Å²) >= 11 is 0. The number of benzene rings is 1. The van der Waals surface area contributed by atoms with Crippen molar-refractivity contribution in [3.8, 4) is 5.75 Å². The molecule has 4 nitrogen and oxygen atoms in total. The molecule has 1 atom stereocenters. The summed E-state index contributed by atoms with van der Waals surface area (Å²) in [4.78, 5) is 14.5. The number of hydrogen-bond acceptors (Lipinski definition) is 3. The van der Waals surface area contributed by atoms with Gasteiger partial charge in [0, 0.05) is 19.1 Å². The number of carbonyl (C=O) groups is 1. The predicted molar refractivity (Wildman–Crippen MR) is 89.3 cm³/mol. The molecule has 1 fully saturated rings. The number of nitrogens with zero attached hydrogens (tertiary/aromatic N) is 1. The third-order valence-corrected chi connectivity index (χ3v) is 4.16. The lowest BCUT2D eigenvalue weighted by atomic mass is 10.1. The van der Waals surface area contributed by atoms with Crippen molar-refractivity contribution in [3.05, 3.63) is 29.3 Å². The number of carbonyl (C=O) groups excluding carboxylic acids is 1. The van der Waals surface area contributed by atoms with Gasteiger partial charge in [-0.05, 0) is 44.9 Å². The molecule has 1 aromatic rings. The second kappa shape index (κ2) is 8.18. The van der Waals surface area contributed by atoms with Gasteiger partial charge in [0.15, 0.2) is 0 Å². The third kappa shape index (κ3) is 4.47. The van der Waals surface area contributed by atoms with Gasteiger partial charge in [-0.1, -0.05) is 24.6 Å². The fraction of sp³-hybridized carbons (Fsp3) is 0.611. The standard InChI is InChI=1S/C18H28N2O2/c1-4-10-20(16-7-9-19-13-16)18(21)8-11-22-17-6-5-14(2)12-15(17)3/h5-6,12,16,19H,4,7-11,13H2,1-3H3. The Morgan fingerprint density at radius 1 is 1.41 bits per heavy atom. The van der Waals surface area contributed by atoms with Gasteiger partial charge in [-0.25, -0.2) is 0 Å². The Bertz CT molecular complexity index is 496. The Labute approximate surface area is 133 Å². The van der Waals surface area contributed by atoms with Gasteiger partial charge in [-0.15, -0.1) is 0 Å². The zero-order chi connectivity index (χ0) is 15.9. The molecule has 1 heterocycles. The third-order valence-electron chi connectivity index (χ3n) is 4.16. The first-order valence-corrected chi connectivity index (χ1v) is 8.32. The maximum absolute atomic E-state index is 12.5. The monoisotopic (exact) mass is 304 g/mol. The van der Waals surface area contributed by atoms with Crippen molar-refractivity contribution in [2.24, 2.45) is 0 Å². The van der Waals surface area contributed by atoms with Crippen molar-refractivity contribution in [2.75, 3.05) is 26.2 Å². The maximum atomic E-state index is 12.5. The Balaban J connectivity index is 1.84. The molecule has 22 heavy (non-hydrogen) atoms. The summed E-state index contributed by atoms with van der Waals surface area (Å²) < 4.78 is 5.79. The SMILES string of the molecule is CCCN(C(=O)CCOc1ccc(C)cc1C)C1CCNC1. The van der Waals surface area contributed by atoms with Crippen LogP contribution >= 0.6 is 0 Å². The van der Waals surface area contributed by atoms with E-state index in [1.165, 1.54) is 5.56 Å². The van der Waals surface area contributed by atoms with E-state index in [9.17, 15) is 4.79 Å². The summed E-state index contributed by atoms with van der Waals surface area (Å²) in [5.41, 5.74) is 2.35. The van der Waals surface area contributed by atoms with Crippen LogP contribution in [-0.4, -0.2) is 43.1 Å². The van der Waals surface area contributed by atoms with E-state index in [-0.39, 0.29) is 5.91 Å². The van der Waals surface area contributed by atoms with Gasteiger partial charge >= 0.3 is 0 Å². The van der Waals surface area contributed by atoms with Crippen LogP contribution in [0.3, 0.4) is 0 Å². The van der Waals surface area contributed by atoms with E-state index in [4.69, 9.17) is 4.74 Å². The lowest BCUT2D eigenvalue weighted by Crippen LogP contribution is -2.42. The minimum absolute atomic E-state index is 0.209. The molecular formula is C18H28N2O2. The average Bonchev–Trinajstić information content (AvgIpc) is 3.00. The van der Waals surface area contributed by atoms with Gasteiger partial charge in [0.05, 0.1) is 13.0 Å². The predicted octanol–water partition coefficient (Wildman–Crippen LogP) is 2.67. The highest BCUT2D eigenvalue weighted by molar-refractivity contribution is 5.76. The molecule has 0 bridgehead atoms. The molecule has 1 aromatic carbocycles. The minimum Gasteiger partial charge on any atom is -0.493 e. The molecule has 0 saturated carbocycles. The van der Waals surface area contributed by atoms with Crippen LogP contribution in [0.5, 0.6) is 5.75 Å². The Kier molecular flexibility index (Phi) is 6.25. The molecule has 2 rings (SSSR count). The molecule has 0 aromatic heterocycles. The first kappa shape index (κ1) is 16.8. The van der Waals surface area contributed by atoms with Crippen LogP contribution in [0.1, 0.15) is 37.3 Å². The van der Waals surface area contributed by atoms with Gasteiger partial charge in [-0.2, -0.15) is 0 Å². The van der Waals surface area contributed by atoms with Gasteiger partial charge < -0.3 is 15.0 Å². The van der Waals surface area contributed by atoms with Gasteiger partial charge in [0.25, 0.3) is 0 Å². The van der Waals surface area contributed by atoms with Gasteiger partial charge in [0.1, 0.15) is 5.75 Å². The largest absolute Gasteiger partial charge is 0.493 e. The van der Waals surface area contributed by atoms with Crippen molar-refractivity contribution in [1.29, 1.82) is 0 Å². The highest BCUT2D eigenvalue weighted by Gasteiger charge is 2.25. The fourth-order valence-corrected chi connectivity index (χ4v) is 3.01. The number of nitrogens with one attached hydrogen (secondary N) is 1. The Morgan fingerprint density at radius 2 is 2.23 bits per heavy atom. The summed E-state index contributed by atoms with van der Waals surface area (Å²) in [6.07, 6.45) is 2.51. The molecule has 0 radical (unpaired) electrons. The Morgan fingerprint density at radius 3 is 2.86 bits per heavy atom. The Hall–Kier alpha value is -1.55. The smallest absolute Gasteiger partial charge is 0.226 e. The summed E-state index contributed by atoms with van der Waals surface area (Å²) in [6, 6.07) is 6.48. The van der Waals surface area contributed by atoms with E-state index in [2.05, 4.69) is 25.2 Å². The van der Waals surface area contributed by atoms with Crippen LogP contribution in [0.4, 0.5) is 0 Å². The summed E-state index contributed by atoms with van der Waals surface area (Å²) in [7, 11) is 0. The highest BCUT2D eigenvalue weighted by atomic mass is 16.5. The molecule has 0 aliphatic carbocycles. The van der Waals surface area contributed by atoms with E-state index in [0.29, 0.717) is 19.1 Å². The number of rotatable bonds is 7. The van der Waals surface area contributed by atoms with Crippen LogP contribution in [0, 0.1) is 13.8 Å². The number of aryl methyl sites for hydroxylation is 2. The first-order chi connectivity index (χ1) is 10.6. The lowest BCUT2D eigenvalue weighted by Gasteiger charge is -2.28. The van der Waals surface area contributed by atoms with Crippen molar-refractivity contribution < 1.29 is 9.53 Å². The van der Waals surface area contributed by atoms with Crippen LogP contribution in [0.2, 0.25) is 0 Å². The first-order valence-electron chi connectivity index (χ1n) is 8.32. The normalized spacial score (nSPS) is 17.5. The molecule has 1 saturated heterocycles. The fourth-order valence-electron chi connectivity index (χ4n) is 3.01. The number of amides is 1. The van der Waals surface area contributed by atoms with Crippen molar-refractivity contribution in [2.45, 2.75) is 46.1 Å². The molecule has 122 valence electrons. The molecule has 1 aliphatic rings. The van der Waals surface area contributed by atoms with Crippen molar-refractivity contribution >= 4 is 5.91 Å². The van der Waals surface area contributed by atoms with E-state index in [0.717, 1.165) is 43.8 Å². The summed E-state index contributed by atoms with van der Waals surface area (Å²) in [5, 5.41) is 3.34. The highest BCUT2D eigenvalue weighted by Crippen LogP contribution is 2.19. The van der Waals surface area contributed by atoms with Crippen LogP contribution in [0.15, 0.2) is 18.2 Å².